The highest BCUT2D eigenvalue weighted by molar-refractivity contribution is 5.94. The Labute approximate surface area is 145 Å². The van der Waals surface area contributed by atoms with Crippen LogP contribution in [0, 0.1) is 5.92 Å². The second kappa shape index (κ2) is 9.18. The summed E-state index contributed by atoms with van der Waals surface area (Å²) in [7, 11) is 3.87. The first kappa shape index (κ1) is 21.0. The van der Waals surface area contributed by atoms with Crippen molar-refractivity contribution in [3.63, 3.8) is 0 Å². The summed E-state index contributed by atoms with van der Waals surface area (Å²) >= 11 is 0. The number of anilines is 1. The van der Waals surface area contributed by atoms with Gasteiger partial charge in [0.25, 0.3) is 5.91 Å². The molecule has 2 heterocycles. The number of likely N-dealkylation sites (tertiary alicyclic amines) is 1. The molecule has 0 saturated carbocycles. The molecule has 1 amide bonds. The lowest BCUT2D eigenvalue weighted by molar-refractivity contribution is 0.0680. The van der Waals surface area contributed by atoms with Gasteiger partial charge < -0.3 is 15.5 Å². The molecule has 22 heavy (non-hydrogen) atoms. The minimum absolute atomic E-state index is 0. The van der Waals surface area contributed by atoms with Crippen molar-refractivity contribution in [1.82, 2.24) is 9.88 Å². The van der Waals surface area contributed by atoms with Crippen LogP contribution in [-0.2, 0) is 0 Å². The van der Waals surface area contributed by atoms with Gasteiger partial charge in [0.05, 0.1) is 5.56 Å². The number of carbonyl (C=O) groups excluding carboxylic acids is 1. The van der Waals surface area contributed by atoms with Crippen LogP contribution in [0.5, 0.6) is 0 Å². The monoisotopic (exact) mass is 348 g/mol. The summed E-state index contributed by atoms with van der Waals surface area (Å²) in [5.41, 5.74) is 6.59. The lowest BCUT2D eigenvalue weighted by Gasteiger charge is -2.33. The molecular formula is C15H26Cl2N4O. The number of nitrogens with two attached hydrogens (primary N) is 1. The Morgan fingerprint density at radius 1 is 1.32 bits per heavy atom. The molecule has 0 radical (unpaired) electrons. The van der Waals surface area contributed by atoms with Crippen molar-refractivity contribution in [1.29, 1.82) is 0 Å². The normalized spacial score (nSPS) is 16.3. The number of aromatic nitrogens is 1. The number of hydrogen-bond acceptors (Lipinski definition) is 4. The van der Waals surface area contributed by atoms with Crippen molar-refractivity contribution in [2.75, 3.05) is 32.1 Å². The topological polar surface area (TPSA) is 62.5 Å². The number of carbonyl (C=O) groups is 1. The van der Waals surface area contributed by atoms with Crippen molar-refractivity contribution in [3.05, 3.63) is 23.9 Å². The quantitative estimate of drug-likeness (QED) is 0.909. The van der Waals surface area contributed by atoms with E-state index in [2.05, 4.69) is 4.98 Å². The van der Waals surface area contributed by atoms with Crippen LogP contribution in [0.1, 0.15) is 30.1 Å². The van der Waals surface area contributed by atoms with Crippen molar-refractivity contribution in [3.8, 4) is 0 Å². The van der Waals surface area contributed by atoms with E-state index in [1.54, 1.807) is 6.20 Å². The van der Waals surface area contributed by atoms with Gasteiger partial charge in [-0.2, -0.15) is 0 Å². The second-order valence-electron chi connectivity index (χ2n) is 5.79. The Kier molecular flexibility index (Phi) is 8.74. The summed E-state index contributed by atoms with van der Waals surface area (Å²) in [5, 5.41) is 0. The molecule has 126 valence electrons. The first-order valence-electron chi connectivity index (χ1n) is 7.17. The fourth-order valence-electron chi connectivity index (χ4n) is 2.59. The average Bonchev–Trinajstić information content (AvgIpc) is 2.46. The molecule has 2 rings (SSSR count). The van der Waals surface area contributed by atoms with Crippen molar-refractivity contribution < 1.29 is 4.79 Å². The Balaban J connectivity index is 0.00000220. The molecule has 1 aliphatic heterocycles. The van der Waals surface area contributed by atoms with Crippen LogP contribution in [0.25, 0.3) is 0 Å². The van der Waals surface area contributed by atoms with Gasteiger partial charge in [-0.3, -0.25) is 4.79 Å². The van der Waals surface area contributed by atoms with E-state index in [4.69, 9.17) is 5.73 Å². The molecule has 1 unspecified atom stereocenters. The SMILES string of the molecule is CC(N)C1CCN(C(=O)c2ccc(N(C)C)nc2)CC1.Cl.Cl. The summed E-state index contributed by atoms with van der Waals surface area (Å²) < 4.78 is 0. The van der Waals surface area contributed by atoms with Crippen LogP contribution in [0.4, 0.5) is 5.82 Å². The molecule has 2 N–H and O–H groups in total. The largest absolute Gasteiger partial charge is 0.363 e. The van der Waals surface area contributed by atoms with Crippen LogP contribution in [0.2, 0.25) is 0 Å². The number of nitrogens with zero attached hydrogens (tertiary/aromatic N) is 3. The first-order valence-corrected chi connectivity index (χ1v) is 7.17. The molecule has 0 aromatic carbocycles. The summed E-state index contributed by atoms with van der Waals surface area (Å²) in [6.07, 6.45) is 3.65. The third kappa shape index (κ3) is 5.00. The van der Waals surface area contributed by atoms with Crippen LogP contribution < -0.4 is 10.6 Å². The zero-order valence-electron chi connectivity index (χ0n) is 13.4. The molecule has 1 saturated heterocycles. The molecule has 1 atom stereocenters. The Bertz CT molecular complexity index is 457. The van der Waals surface area contributed by atoms with Gasteiger partial charge in [-0.1, -0.05) is 0 Å². The highest BCUT2D eigenvalue weighted by atomic mass is 35.5. The van der Waals surface area contributed by atoms with Crippen LogP contribution in [0.15, 0.2) is 18.3 Å². The van der Waals surface area contributed by atoms with E-state index < -0.39 is 0 Å². The number of hydrogen-bond donors (Lipinski definition) is 1. The Morgan fingerprint density at radius 3 is 2.32 bits per heavy atom. The molecule has 7 heteroatoms. The molecule has 5 nitrogen and oxygen atoms in total. The average molecular weight is 349 g/mol. The summed E-state index contributed by atoms with van der Waals surface area (Å²) in [5.74, 6) is 1.47. The van der Waals surface area contributed by atoms with E-state index in [1.165, 1.54) is 0 Å². The van der Waals surface area contributed by atoms with E-state index in [1.807, 2.05) is 43.0 Å². The smallest absolute Gasteiger partial charge is 0.255 e. The molecule has 1 aromatic heterocycles. The van der Waals surface area contributed by atoms with Gasteiger partial charge in [0.1, 0.15) is 5.82 Å². The number of piperidine rings is 1. The number of rotatable bonds is 3. The van der Waals surface area contributed by atoms with E-state index in [-0.39, 0.29) is 36.8 Å². The lowest BCUT2D eigenvalue weighted by Crippen LogP contribution is -2.42. The maximum absolute atomic E-state index is 12.4. The first-order chi connectivity index (χ1) is 9.49. The zero-order valence-corrected chi connectivity index (χ0v) is 15.0. The van der Waals surface area contributed by atoms with E-state index in [0.717, 1.165) is 31.7 Å². The highest BCUT2D eigenvalue weighted by Crippen LogP contribution is 2.21. The van der Waals surface area contributed by atoms with Gasteiger partial charge >= 0.3 is 0 Å². The van der Waals surface area contributed by atoms with Gasteiger partial charge in [-0.15, -0.1) is 24.8 Å². The number of pyridine rings is 1. The van der Waals surface area contributed by atoms with Crippen LogP contribution >= 0.6 is 24.8 Å². The molecule has 0 aliphatic carbocycles. The van der Waals surface area contributed by atoms with Crippen molar-refractivity contribution >= 4 is 36.5 Å². The maximum atomic E-state index is 12.4. The maximum Gasteiger partial charge on any atom is 0.255 e. The minimum atomic E-state index is 0. The third-order valence-corrected chi connectivity index (χ3v) is 4.02. The summed E-state index contributed by atoms with van der Waals surface area (Å²) in [4.78, 5) is 20.5. The number of amides is 1. The standard InChI is InChI=1S/C15H24N4O.2ClH/c1-11(16)12-6-8-19(9-7-12)15(20)13-4-5-14(17-10-13)18(2)3;;/h4-5,10-12H,6-9,16H2,1-3H3;2*1H. The predicted octanol–water partition coefficient (Wildman–Crippen LogP) is 2.19. The van der Waals surface area contributed by atoms with Gasteiger partial charge in [-0.25, -0.2) is 4.98 Å². The minimum Gasteiger partial charge on any atom is -0.363 e. The molecular weight excluding hydrogens is 323 g/mol. The van der Waals surface area contributed by atoms with Crippen LogP contribution in [0.3, 0.4) is 0 Å². The van der Waals surface area contributed by atoms with Gasteiger partial charge in [0, 0.05) is 39.4 Å². The molecule has 0 spiro atoms. The van der Waals surface area contributed by atoms with Gasteiger partial charge in [-0.05, 0) is 37.8 Å². The third-order valence-electron chi connectivity index (χ3n) is 4.02. The summed E-state index contributed by atoms with van der Waals surface area (Å²) in [6, 6.07) is 3.94. The molecule has 0 bridgehead atoms. The van der Waals surface area contributed by atoms with Crippen LogP contribution in [-0.4, -0.2) is 49.0 Å². The van der Waals surface area contributed by atoms with E-state index >= 15 is 0 Å². The van der Waals surface area contributed by atoms with Crippen molar-refractivity contribution in [2.45, 2.75) is 25.8 Å². The van der Waals surface area contributed by atoms with E-state index in [9.17, 15) is 4.79 Å². The predicted molar refractivity (Wildman–Crippen MR) is 95.3 cm³/mol. The Morgan fingerprint density at radius 2 is 1.91 bits per heavy atom. The van der Waals surface area contributed by atoms with E-state index in [0.29, 0.717) is 11.5 Å². The fraction of sp³-hybridized carbons (Fsp3) is 0.600. The van der Waals surface area contributed by atoms with Gasteiger partial charge in [0.15, 0.2) is 0 Å². The Hall–Kier alpha value is -1.04. The second-order valence-corrected chi connectivity index (χ2v) is 5.79. The van der Waals surface area contributed by atoms with Gasteiger partial charge in [0.2, 0.25) is 0 Å². The summed E-state index contributed by atoms with van der Waals surface area (Å²) in [6.45, 7) is 3.63. The lowest BCUT2D eigenvalue weighted by atomic mass is 9.91. The zero-order chi connectivity index (χ0) is 14.7. The fourth-order valence-corrected chi connectivity index (χ4v) is 2.59. The number of halogens is 2. The molecule has 1 fully saturated rings. The van der Waals surface area contributed by atoms with Crippen molar-refractivity contribution in [2.24, 2.45) is 11.7 Å². The molecule has 1 aliphatic rings. The molecule has 1 aromatic rings. The highest BCUT2D eigenvalue weighted by Gasteiger charge is 2.25.